The summed E-state index contributed by atoms with van der Waals surface area (Å²) in [6.07, 6.45) is 4.81. The number of amides is 1. The third-order valence-electron chi connectivity index (χ3n) is 4.28. The Morgan fingerprint density at radius 1 is 1.35 bits per heavy atom. The molecule has 1 aromatic heterocycles. The molecule has 0 atom stereocenters. The van der Waals surface area contributed by atoms with Gasteiger partial charge in [0.2, 0.25) is 5.89 Å². The van der Waals surface area contributed by atoms with Crippen molar-refractivity contribution < 1.29 is 9.32 Å². The van der Waals surface area contributed by atoms with Crippen molar-refractivity contribution in [2.24, 2.45) is 5.92 Å². The summed E-state index contributed by atoms with van der Waals surface area (Å²) in [5.41, 5.74) is 0.812. The Labute approximate surface area is 140 Å². The molecule has 0 bridgehead atoms. The first-order valence-electron chi connectivity index (χ1n) is 7.89. The fraction of sp³-hybridized carbons (Fsp3) is 0.471. The molecule has 3 rings (SSSR count). The van der Waals surface area contributed by atoms with Gasteiger partial charge in [0.05, 0.1) is 5.56 Å². The van der Waals surface area contributed by atoms with Gasteiger partial charge >= 0.3 is 0 Å². The van der Waals surface area contributed by atoms with Gasteiger partial charge in [-0.3, -0.25) is 4.79 Å². The van der Waals surface area contributed by atoms with Gasteiger partial charge in [-0.1, -0.05) is 17.3 Å². The summed E-state index contributed by atoms with van der Waals surface area (Å²) < 4.78 is 5.02. The number of likely N-dealkylation sites (tertiary alicyclic amines) is 1. The maximum Gasteiger partial charge on any atom is 0.254 e. The maximum atomic E-state index is 12.7. The highest BCUT2D eigenvalue weighted by molar-refractivity contribution is 7.98. The average molecular weight is 331 g/mol. The predicted molar refractivity (Wildman–Crippen MR) is 89.6 cm³/mol. The van der Waals surface area contributed by atoms with Crippen molar-refractivity contribution >= 4 is 17.7 Å². The van der Waals surface area contributed by atoms with Crippen LogP contribution in [0.1, 0.15) is 34.9 Å². The Morgan fingerprint density at radius 3 is 2.74 bits per heavy atom. The number of aromatic nitrogens is 2. The minimum atomic E-state index is 0.142. The Hall–Kier alpha value is -1.82. The number of carbonyl (C=O) groups excluding carboxylic acids is 1. The smallest absolute Gasteiger partial charge is 0.254 e. The van der Waals surface area contributed by atoms with E-state index in [-0.39, 0.29) is 5.91 Å². The van der Waals surface area contributed by atoms with E-state index in [1.54, 1.807) is 18.7 Å². The SMILES string of the molecule is CSc1ccccc1C(=O)N1CCC(Cc2noc(C)n2)CC1. The largest absolute Gasteiger partial charge is 0.340 e. The number of benzene rings is 1. The molecule has 6 heteroatoms. The second kappa shape index (κ2) is 7.17. The number of thioether (sulfide) groups is 1. The minimum Gasteiger partial charge on any atom is -0.340 e. The summed E-state index contributed by atoms with van der Waals surface area (Å²) in [6, 6.07) is 7.82. The van der Waals surface area contributed by atoms with Gasteiger partial charge in [0.15, 0.2) is 5.82 Å². The molecule has 1 fully saturated rings. The first kappa shape index (κ1) is 16.1. The molecule has 2 heterocycles. The summed E-state index contributed by atoms with van der Waals surface area (Å²) in [5.74, 6) is 2.05. The zero-order chi connectivity index (χ0) is 16.2. The van der Waals surface area contributed by atoms with Crippen molar-refractivity contribution in [3.8, 4) is 0 Å². The van der Waals surface area contributed by atoms with Gasteiger partial charge < -0.3 is 9.42 Å². The fourth-order valence-corrected chi connectivity index (χ4v) is 3.60. The summed E-state index contributed by atoms with van der Waals surface area (Å²) in [6.45, 7) is 3.40. The summed E-state index contributed by atoms with van der Waals surface area (Å²) in [7, 11) is 0. The predicted octanol–water partition coefficient (Wildman–Crippen LogP) is 3.19. The number of nitrogens with zero attached hydrogens (tertiary/aromatic N) is 3. The van der Waals surface area contributed by atoms with Crippen LogP contribution in [-0.4, -0.2) is 40.3 Å². The Morgan fingerprint density at radius 2 is 2.09 bits per heavy atom. The second-order valence-corrected chi connectivity index (χ2v) is 6.72. The molecule has 2 aromatic rings. The Bertz CT molecular complexity index is 678. The van der Waals surface area contributed by atoms with E-state index in [1.807, 2.05) is 35.4 Å². The second-order valence-electron chi connectivity index (χ2n) is 5.87. The van der Waals surface area contributed by atoms with Crippen molar-refractivity contribution in [1.82, 2.24) is 15.0 Å². The molecule has 0 unspecified atom stereocenters. The van der Waals surface area contributed by atoms with Crippen LogP contribution in [0.15, 0.2) is 33.7 Å². The molecule has 5 nitrogen and oxygen atoms in total. The maximum absolute atomic E-state index is 12.7. The van der Waals surface area contributed by atoms with Crippen LogP contribution in [0.25, 0.3) is 0 Å². The lowest BCUT2D eigenvalue weighted by molar-refractivity contribution is 0.0686. The monoisotopic (exact) mass is 331 g/mol. The van der Waals surface area contributed by atoms with E-state index >= 15 is 0 Å². The molecule has 1 saturated heterocycles. The molecule has 1 aromatic carbocycles. The van der Waals surface area contributed by atoms with Gasteiger partial charge in [0.1, 0.15) is 0 Å². The number of hydrogen-bond donors (Lipinski definition) is 0. The molecule has 0 aliphatic carbocycles. The quantitative estimate of drug-likeness (QED) is 0.805. The highest BCUT2D eigenvalue weighted by Crippen LogP contribution is 2.25. The molecule has 0 N–H and O–H groups in total. The number of hydrogen-bond acceptors (Lipinski definition) is 5. The van der Waals surface area contributed by atoms with E-state index in [0.29, 0.717) is 11.8 Å². The zero-order valence-electron chi connectivity index (χ0n) is 13.5. The van der Waals surface area contributed by atoms with Crippen LogP contribution in [0.3, 0.4) is 0 Å². The van der Waals surface area contributed by atoms with Crippen LogP contribution in [-0.2, 0) is 6.42 Å². The molecule has 23 heavy (non-hydrogen) atoms. The van der Waals surface area contributed by atoms with Crippen molar-refractivity contribution in [2.75, 3.05) is 19.3 Å². The van der Waals surface area contributed by atoms with Gasteiger partial charge in [0, 0.05) is 31.3 Å². The molecule has 1 aliphatic heterocycles. The molecule has 1 amide bonds. The fourth-order valence-electron chi connectivity index (χ4n) is 3.01. The van der Waals surface area contributed by atoms with E-state index in [0.717, 1.165) is 48.6 Å². The highest BCUT2D eigenvalue weighted by Gasteiger charge is 2.25. The first-order chi connectivity index (χ1) is 11.2. The number of rotatable bonds is 4. The van der Waals surface area contributed by atoms with Crippen molar-refractivity contribution in [3.05, 3.63) is 41.5 Å². The van der Waals surface area contributed by atoms with E-state index in [2.05, 4.69) is 10.1 Å². The van der Waals surface area contributed by atoms with Crippen molar-refractivity contribution in [2.45, 2.75) is 31.1 Å². The number of aryl methyl sites for hydroxylation is 1. The number of carbonyl (C=O) groups is 1. The molecule has 122 valence electrons. The third kappa shape index (κ3) is 3.75. The van der Waals surface area contributed by atoms with Gasteiger partial charge in [0.25, 0.3) is 5.91 Å². The topological polar surface area (TPSA) is 59.2 Å². The number of piperidine rings is 1. The summed E-state index contributed by atoms with van der Waals surface area (Å²) >= 11 is 1.62. The molecular formula is C17H21N3O2S. The van der Waals surface area contributed by atoms with Gasteiger partial charge in [-0.05, 0) is 37.1 Å². The lowest BCUT2D eigenvalue weighted by atomic mass is 9.93. The van der Waals surface area contributed by atoms with Crippen LogP contribution < -0.4 is 0 Å². The normalized spacial score (nSPS) is 15.8. The highest BCUT2D eigenvalue weighted by atomic mass is 32.2. The van der Waals surface area contributed by atoms with Gasteiger partial charge in [-0.2, -0.15) is 4.98 Å². The Kier molecular flexibility index (Phi) is 5.00. The lowest BCUT2D eigenvalue weighted by Crippen LogP contribution is -2.39. The lowest BCUT2D eigenvalue weighted by Gasteiger charge is -2.32. The van der Waals surface area contributed by atoms with E-state index < -0.39 is 0 Å². The zero-order valence-corrected chi connectivity index (χ0v) is 14.3. The van der Waals surface area contributed by atoms with Crippen molar-refractivity contribution in [1.29, 1.82) is 0 Å². The van der Waals surface area contributed by atoms with Gasteiger partial charge in [-0.15, -0.1) is 11.8 Å². The molecule has 0 spiro atoms. The first-order valence-corrected chi connectivity index (χ1v) is 9.11. The molecule has 0 radical (unpaired) electrons. The van der Waals surface area contributed by atoms with Crippen molar-refractivity contribution in [3.63, 3.8) is 0 Å². The molecule has 0 saturated carbocycles. The van der Waals surface area contributed by atoms with Crippen LogP contribution in [0.5, 0.6) is 0 Å². The standard InChI is InChI=1S/C17H21N3O2S/c1-12-18-16(19-22-12)11-13-7-9-20(10-8-13)17(21)14-5-3-4-6-15(14)23-2/h3-6,13H,7-11H2,1-2H3. The summed E-state index contributed by atoms with van der Waals surface area (Å²) in [5, 5.41) is 3.96. The van der Waals surface area contributed by atoms with Crippen LogP contribution in [0.2, 0.25) is 0 Å². The van der Waals surface area contributed by atoms with Crippen LogP contribution in [0, 0.1) is 12.8 Å². The molecular weight excluding hydrogens is 310 g/mol. The van der Waals surface area contributed by atoms with E-state index in [4.69, 9.17) is 4.52 Å². The molecule has 1 aliphatic rings. The van der Waals surface area contributed by atoms with Crippen LogP contribution in [0.4, 0.5) is 0 Å². The van der Waals surface area contributed by atoms with Gasteiger partial charge in [-0.25, -0.2) is 0 Å². The third-order valence-corrected chi connectivity index (χ3v) is 5.08. The summed E-state index contributed by atoms with van der Waals surface area (Å²) in [4.78, 5) is 20.0. The average Bonchev–Trinajstić information content (AvgIpc) is 3.00. The minimum absolute atomic E-state index is 0.142. The Balaban J connectivity index is 1.59. The van der Waals surface area contributed by atoms with E-state index in [1.165, 1.54) is 0 Å². The van der Waals surface area contributed by atoms with E-state index in [9.17, 15) is 4.79 Å². The van der Waals surface area contributed by atoms with Crippen LogP contribution >= 0.6 is 11.8 Å².